The zero-order valence-electron chi connectivity index (χ0n) is 10.0. The lowest BCUT2D eigenvalue weighted by Gasteiger charge is -2.14. The summed E-state index contributed by atoms with van der Waals surface area (Å²) in [5, 5.41) is 2.98. The van der Waals surface area contributed by atoms with E-state index in [0.717, 1.165) is 28.6 Å². The third kappa shape index (κ3) is 3.34. The zero-order chi connectivity index (χ0) is 12.1. The second-order valence-corrected chi connectivity index (χ2v) is 4.88. The Hall–Kier alpha value is -0.830. The number of halogens is 1. The van der Waals surface area contributed by atoms with Crippen LogP contribution >= 0.6 is 15.9 Å². The van der Waals surface area contributed by atoms with Gasteiger partial charge in [0.1, 0.15) is 0 Å². The number of carbonyl (C=O) groups is 1. The van der Waals surface area contributed by atoms with E-state index in [9.17, 15) is 4.79 Å². The molecule has 0 saturated heterocycles. The minimum absolute atomic E-state index is 0.114. The number of hydrogen-bond acceptors (Lipinski definition) is 1. The minimum Gasteiger partial charge on any atom is -0.326 e. The van der Waals surface area contributed by atoms with Crippen LogP contribution in [0.4, 0.5) is 5.69 Å². The van der Waals surface area contributed by atoms with E-state index in [2.05, 4.69) is 21.2 Å². The predicted octanol–water partition coefficient (Wildman–Crippen LogP) is 4.13. The summed E-state index contributed by atoms with van der Waals surface area (Å²) in [6, 6.07) is 5.87. The molecule has 3 heteroatoms. The van der Waals surface area contributed by atoms with Crippen molar-refractivity contribution in [1.29, 1.82) is 0 Å². The first kappa shape index (κ1) is 13.2. The lowest BCUT2D eigenvalue weighted by Crippen LogP contribution is -2.22. The van der Waals surface area contributed by atoms with Gasteiger partial charge in [-0.2, -0.15) is 0 Å². The lowest BCUT2D eigenvalue weighted by atomic mass is 10.0. The fourth-order valence-corrected chi connectivity index (χ4v) is 2.14. The Morgan fingerprint density at radius 3 is 2.50 bits per heavy atom. The summed E-state index contributed by atoms with van der Waals surface area (Å²) in [5.41, 5.74) is 1.98. The summed E-state index contributed by atoms with van der Waals surface area (Å²) in [4.78, 5) is 11.9. The summed E-state index contributed by atoms with van der Waals surface area (Å²) in [6.45, 7) is 6.08. The molecule has 1 amide bonds. The van der Waals surface area contributed by atoms with E-state index >= 15 is 0 Å². The fourth-order valence-electron chi connectivity index (χ4n) is 1.66. The Bertz CT molecular complexity index is 372. The number of carbonyl (C=O) groups excluding carboxylic acids is 1. The molecule has 0 aromatic heterocycles. The molecule has 0 aliphatic heterocycles. The van der Waals surface area contributed by atoms with E-state index in [1.54, 1.807) is 0 Å². The van der Waals surface area contributed by atoms with Gasteiger partial charge in [0.2, 0.25) is 5.91 Å². The average Bonchev–Trinajstić information content (AvgIpc) is 2.24. The quantitative estimate of drug-likeness (QED) is 0.884. The molecule has 1 aromatic rings. The van der Waals surface area contributed by atoms with Gasteiger partial charge < -0.3 is 5.32 Å². The second kappa shape index (κ2) is 6.04. The molecule has 0 atom stereocenters. The van der Waals surface area contributed by atoms with Crippen molar-refractivity contribution in [3.8, 4) is 0 Å². The molecule has 88 valence electrons. The molecule has 1 aromatic carbocycles. The molecule has 0 bridgehead atoms. The van der Waals surface area contributed by atoms with Crippen LogP contribution in [0.2, 0.25) is 0 Å². The largest absolute Gasteiger partial charge is 0.326 e. The van der Waals surface area contributed by atoms with E-state index in [0.29, 0.717) is 0 Å². The molecule has 0 aliphatic rings. The number of rotatable bonds is 4. The number of nitrogens with one attached hydrogen (secondary N) is 1. The number of hydrogen-bond donors (Lipinski definition) is 1. The first-order valence-electron chi connectivity index (χ1n) is 5.65. The van der Waals surface area contributed by atoms with Crippen molar-refractivity contribution in [2.45, 2.75) is 33.6 Å². The standard InChI is InChI=1S/C13H18BrNO/c1-4-10(5-2)13(16)15-12-7-6-11(14)8-9(12)3/h6-8,10H,4-5H2,1-3H3,(H,15,16). The van der Waals surface area contributed by atoms with E-state index in [4.69, 9.17) is 0 Å². The average molecular weight is 284 g/mol. The Labute approximate surface area is 106 Å². The maximum absolute atomic E-state index is 11.9. The maximum atomic E-state index is 11.9. The molecule has 0 aliphatic carbocycles. The monoisotopic (exact) mass is 283 g/mol. The van der Waals surface area contributed by atoms with Crippen LogP contribution in [-0.4, -0.2) is 5.91 Å². The normalized spacial score (nSPS) is 10.6. The topological polar surface area (TPSA) is 29.1 Å². The van der Waals surface area contributed by atoms with Crippen LogP contribution in [0.3, 0.4) is 0 Å². The van der Waals surface area contributed by atoms with Crippen molar-refractivity contribution in [2.75, 3.05) is 5.32 Å². The Balaban J connectivity index is 2.76. The first-order chi connectivity index (χ1) is 7.58. The molecule has 16 heavy (non-hydrogen) atoms. The van der Waals surface area contributed by atoms with Crippen LogP contribution in [0, 0.1) is 12.8 Å². The number of aryl methyl sites for hydroxylation is 1. The van der Waals surface area contributed by atoms with Gasteiger partial charge in [-0.15, -0.1) is 0 Å². The van der Waals surface area contributed by atoms with Crippen LogP contribution in [0.1, 0.15) is 32.3 Å². The summed E-state index contributed by atoms with van der Waals surface area (Å²) in [6.07, 6.45) is 1.77. The third-order valence-corrected chi connectivity index (χ3v) is 3.30. The van der Waals surface area contributed by atoms with Crippen LogP contribution in [0.15, 0.2) is 22.7 Å². The van der Waals surface area contributed by atoms with Gasteiger partial charge in [-0.25, -0.2) is 0 Å². The van der Waals surface area contributed by atoms with E-state index in [-0.39, 0.29) is 11.8 Å². The molecule has 0 unspecified atom stereocenters. The molecule has 0 spiro atoms. The third-order valence-electron chi connectivity index (χ3n) is 2.80. The van der Waals surface area contributed by atoms with Crippen molar-refractivity contribution in [3.63, 3.8) is 0 Å². The van der Waals surface area contributed by atoms with Gasteiger partial charge in [0.05, 0.1) is 0 Å². The molecule has 0 radical (unpaired) electrons. The van der Waals surface area contributed by atoms with Crippen molar-refractivity contribution < 1.29 is 4.79 Å². The second-order valence-electron chi connectivity index (χ2n) is 3.96. The SMILES string of the molecule is CCC(CC)C(=O)Nc1ccc(Br)cc1C. The number of anilines is 1. The Kier molecular flexibility index (Phi) is 5.00. The molecule has 0 saturated carbocycles. The van der Waals surface area contributed by atoms with Gasteiger partial charge >= 0.3 is 0 Å². The summed E-state index contributed by atoms with van der Waals surface area (Å²) < 4.78 is 1.03. The summed E-state index contributed by atoms with van der Waals surface area (Å²) in [5.74, 6) is 0.235. The highest BCUT2D eigenvalue weighted by molar-refractivity contribution is 9.10. The molecular formula is C13H18BrNO. The number of amides is 1. The van der Waals surface area contributed by atoms with Crippen LogP contribution < -0.4 is 5.32 Å². The highest BCUT2D eigenvalue weighted by atomic mass is 79.9. The van der Waals surface area contributed by atoms with Crippen molar-refractivity contribution in [1.82, 2.24) is 0 Å². The lowest BCUT2D eigenvalue weighted by molar-refractivity contribution is -0.120. The summed E-state index contributed by atoms with van der Waals surface area (Å²) >= 11 is 3.41. The molecular weight excluding hydrogens is 266 g/mol. The van der Waals surface area contributed by atoms with E-state index in [1.165, 1.54) is 0 Å². The Morgan fingerprint density at radius 2 is 2.00 bits per heavy atom. The molecule has 1 rings (SSSR count). The van der Waals surface area contributed by atoms with Gasteiger partial charge in [-0.05, 0) is 43.5 Å². The van der Waals surface area contributed by atoms with Crippen LogP contribution in [0.25, 0.3) is 0 Å². The molecule has 0 fully saturated rings. The minimum atomic E-state index is 0.114. The fraction of sp³-hybridized carbons (Fsp3) is 0.462. The predicted molar refractivity (Wildman–Crippen MR) is 71.6 cm³/mol. The molecule has 1 N–H and O–H groups in total. The zero-order valence-corrected chi connectivity index (χ0v) is 11.6. The van der Waals surface area contributed by atoms with Crippen LogP contribution in [-0.2, 0) is 4.79 Å². The highest BCUT2D eigenvalue weighted by Gasteiger charge is 2.14. The number of benzene rings is 1. The van der Waals surface area contributed by atoms with Crippen molar-refractivity contribution in [3.05, 3.63) is 28.2 Å². The van der Waals surface area contributed by atoms with Gasteiger partial charge in [-0.3, -0.25) is 4.79 Å². The van der Waals surface area contributed by atoms with Gasteiger partial charge in [-0.1, -0.05) is 29.8 Å². The van der Waals surface area contributed by atoms with Gasteiger partial charge in [0.25, 0.3) is 0 Å². The smallest absolute Gasteiger partial charge is 0.227 e. The molecule has 2 nitrogen and oxygen atoms in total. The van der Waals surface area contributed by atoms with E-state index < -0.39 is 0 Å². The van der Waals surface area contributed by atoms with Gasteiger partial charge in [0.15, 0.2) is 0 Å². The van der Waals surface area contributed by atoms with Crippen LogP contribution in [0.5, 0.6) is 0 Å². The molecule has 0 heterocycles. The van der Waals surface area contributed by atoms with Crippen molar-refractivity contribution in [2.24, 2.45) is 5.92 Å². The van der Waals surface area contributed by atoms with E-state index in [1.807, 2.05) is 39.0 Å². The Morgan fingerprint density at radius 1 is 1.38 bits per heavy atom. The first-order valence-corrected chi connectivity index (χ1v) is 6.44. The van der Waals surface area contributed by atoms with Gasteiger partial charge in [0, 0.05) is 16.1 Å². The highest BCUT2D eigenvalue weighted by Crippen LogP contribution is 2.21. The maximum Gasteiger partial charge on any atom is 0.227 e. The van der Waals surface area contributed by atoms with Crippen molar-refractivity contribution >= 4 is 27.5 Å². The summed E-state index contributed by atoms with van der Waals surface area (Å²) in [7, 11) is 0.